The van der Waals surface area contributed by atoms with Gasteiger partial charge in [-0.1, -0.05) is 5.92 Å². The predicted octanol–water partition coefficient (Wildman–Crippen LogP) is 0.521. The van der Waals surface area contributed by atoms with E-state index in [0.717, 1.165) is 0 Å². The lowest BCUT2D eigenvalue weighted by Gasteiger charge is -2.11. The summed E-state index contributed by atoms with van der Waals surface area (Å²) in [4.78, 5) is 21.9. The van der Waals surface area contributed by atoms with Crippen LogP contribution in [0.3, 0.4) is 0 Å². The first-order valence-corrected chi connectivity index (χ1v) is 4.70. The molecule has 1 unspecified atom stereocenters. The summed E-state index contributed by atoms with van der Waals surface area (Å²) in [6, 6.07) is 0. The first-order chi connectivity index (χ1) is 8.13. The second-order valence-electron chi connectivity index (χ2n) is 2.90. The molecule has 0 spiro atoms. The number of terminal acetylenes is 1. The second-order valence-corrected chi connectivity index (χ2v) is 2.90. The van der Waals surface area contributed by atoms with Crippen molar-refractivity contribution in [3.05, 3.63) is 0 Å². The van der Waals surface area contributed by atoms with Crippen molar-refractivity contribution in [3.63, 3.8) is 0 Å². The molecule has 0 saturated heterocycles. The average molecular weight is 229 g/mol. The summed E-state index contributed by atoms with van der Waals surface area (Å²) in [6.07, 6.45) is 4.38. The molecular formula is C11H16O5. The first-order valence-electron chi connectivity index (χ1n) is 5.41. The molecule has 0 amide bonds. The van der Waals surface area contributed by atoms with E-state index >= 15 is 0 Å². The van der Waals surface area contributed by atoms with Crippen molar-refractivity contribution in [2.75, 3.05) is 20.3 Å². The van der Waals surface area contributed by atoms with Crippen LogP contribution in [0.2, 0.25) is 0 Å². The monoisotopic (exact) mass is 229 g/mol. The van der Waals surface area contributed by atoms with Gasteiger partial charge in [0.25, 0.3) is 0 Å². The number of carbonyl (C=O) groups excluding carboxylic acids is 2. The Morgan fingerprint density at radius 2 is 2.12 bits per heavy atom. The maximum atomic E-state index is 11.2. The summed E-state index contributed by atoms with van der Waals surface area (Å²) in [5, 5.41) is 0. The fourth-order valence-corrected chi connectivity index (χ4v) is 0.778. The van der Waals surface area contributed by atoms with Gasteiger partial charge in [0.1, 0.15) is 13.2 Å². The summed E-state index contributed by atoms with van der Waals surface area (Å²) >= 11 is 0. The molecule has 0 bridgehead atoms. The van der Waals surface area contributed by atoms with Crippen molar-refractivity contribution in [3.8, 4) is 12.3 Å². The van der Waals surface area contributed by atoms with E-state index in [1.165, 1.54) is 7.11 Å². The molecule has 90 valence electrons. The highest BCUT2D eigenvalue weighted by molar-refractivity contribution is 5.77. The van der Waals surface area contributed by atoms with Crippen molar-refractivity contribution in [2.24, 2.45) is 0 Å². The Morgan fingerprint density at radius 1 is 1.44 bits per heavy atom. The molecule has 0 aromatic heterocycles. The van der Waals surface area contributed by atoms with Gasteiger partial charge in [0.15, 0.2) is 0 Å². The van der Waals surface area contributed by atoms with Crippen molar-refractivity contribution < 1.29 is 25.2 Å². The van der Waals surface area contributed by atoms with E-state index in [9.17, 15) is 9.59 Å². The lowest BCUT2D eigenvalue weighted by Crippen LogP contribution is -2.19. The number of hydrogen-bond donors (Lipinski definition) is 0. The molecule has 0 rings (SSSR count). The lowest BCUT2D eigenvalue weighted by molar-refractivity contribution is -0.151. The minimum atomic E-state index is -0.534. The Morgan fingerprint density at radius 3 is 2.69 bits per heavy atom. The molecule has 0 heterocycles. The summed E-state index contributed by atoms with van der Waals surface area (Å²) in [5.74, 6) is 1.26. The molecule has 0 saturated carbocycles. The molecule has 5 nitrogen and oxygen atoms in total. The van der Waals surface area contributed by atoms with Gasteiger partial charge in [-0.25, -0.2) is 0 Å². The van der Waals surface area contributed by atoms with Crippen molar-refractivity contribution in [2.45, 2.75) is 25.8 Å². The molecule has 0 aliphatic heterocycles. The Balaban J connectivity index is 3.73. The zero-order chi connectivity index (χ0) is 13.1. The summed E-state index contributed by atoms with van der Waals surface area (Å²) in [7, 11) is 1.25. The highest BCUT2D eigenvalue weighted by atomic mass is 16.6. The van der Waals surface area contributed by atoms with Crippen LogP contribution in [0.4, 0.5) is 0 Å². The summed E-state index contributed by atoms with van der Waals surface area (Å²) in [6.45, 7) is -0.0135. The van der Waals surface area contributed by atoms with Crippen LogP contribution in [0.1, 0.15) is 21.1 Å². The van der Waals surface area contributed by atoms with Gasteiger partial charge < -0.3 is 14.2 Å². The summed E-state index contributed by atoms with van der Waals surface area (Å²) < 4.78 is 21.4. The number of rotatable bonds is 7. The topological polar surface area (TPSA) is 61.8 Å². The first kappa shape index (κ1) is 12.5. The van der Waals surface area contributed by atoms with E-state index in [1.807, 2.05) is 0 Å². The standard InChI is InChI=1S/C11H16O5/c1-4-7-15-9(2)8-16-11(13)6-5-10(12)14-3/h1,9H,5-8H2,2-3H3/i2D. The molecule has 0 aromatic carbocycles. The minimum Gasteiger partial charge on any atom is -0.469 e. The van der Waals surface area contributed by atoms with Crippen molar-refractivity contribution in [1.29, 1.82) is 0 Å². The molecule has 0 radical (unpaired) electrons. The van der Waals surface area contributed by atoms with E-state index < -0.39 is 18.0 Å². The third-order valence-electron chi connectivity index (χ3n) is 1.59. The van der Waals surface area contributed by atoms with E-state index in [4.69, 9.17) is 17.3 Å². The average Bonchev–Trinajstić information content (AvgIpc) is 2.36. The Labute approximate surface area is 96.5 Å². The normalized spacial score (nSPS) is 12.1. The van der Waals surface area contributed by atoms with Crippen LogP contribution in [-0.2, 0) is 23.8 Å². The molecule has 16 heavy (non-hydrogen) atoms. The molecule has 0 aromatic rings. The smallest absolute Gasteiger partial charge is 0.306 e. The fraction of sp³-hybridized carbons (Fsp3) is 0.636. The number of ether oxygens (including phenoxy) is 3. The van der Waals surface area contributed by atoms with Gasteiger partial charge in [-0.05, 0) is 6.90 Å². The van der Waals surface area contributed by atoms with Crippen LogP contribution in [0.5, 0.6) is 0 Å². The zero-order valence-electron chi connectivity index (χ0n) is 10.2. The Kier molecular flexibility index (Phi) is 6.85. The van der Waals surface area contributed by atoms with E-state index in [1.54, 1.807) is 0 Å². The van der Waals surface area contributed by atoms with Crippen LogP contribution in [0.15, 0.2) is 0 Å². The fourth-order valence-electron chi connectivity index (χ4n) is 0.778. The quantitative estimate of drug-likeness (QED) is 0.470. The van der Waals surface area contributed by atoms with Crippen molar-refractivity contribution in [1.82, 2.24) is 0 Å². The van der Waals surface area contributed by atoms with Crippen LogP contribution in [0, 0.1) is 12.3 Å². The molecular weight excluding hydrogens is 212 g/mol. The molecule has 0 N–H and O–H groups in total. The highest BCUT2D eigenvalue weighted by Gasteiger charge is 2.10. The third kappa shape index (κ3) is 7.83. The van der Waals surface area contributed by atoms with Gasteiger partial charge in [0.2, 0.25) is 0 Å². The van der Waals surface area contributed by atoms with Gasteiger partial charge in [0, 0.05) is 1.37 Å². The van der Waals surface area contributed by atoms with Crippen LogP contribution in [0.25, 0.3) is 0 Å². The van der Waals surface area contributed by atoms with E-state index in [0.29, 0.717) is 0 Å². The van der Waals surface area contributed by atoms with Crippen molar-refractivity contribution >= 4 is 11.9 Å². The molecule has 1 atom stereocenters. The predicted molar refractivity (Wildman–Crippen MR) is 56.5 cm³/mol. The lowest BCUT2D eigenvalue weighted by atomic mass is 10.3. The third-order valence-corrected chi connectivity index (χ3v) is 1.59. The van der Waals surface area contributed by atoms with Gasteiger partial charge in [-0.15, -0.1) is 6.42 Å². The number of methoxy groups -OCH3 is 1. The maximum Gasteiger partial charge on any atom is 0.306 e. The molecule has 0 aliphatic carbocycles. The largest absolute Gasteiger partial charge is 0.469 e. The SMILES string of the molecule is [2H]CC(COC(=O)CCC(=O)OC)OCC#C. The highest BCUT2D eigenvalue weighted by Crippen LogP contribution is 1.98. The van der Waals surface area contributed by atoms with Gasteiger partial charge in [0.05, 0.1) is 26.1 Å². The summed E-state index contributed by atoms with van der Waals surface area (Å²) in [5.41, 5.74) is 0. The van der Waals surface area contributed by atoms with Gasteiger partial charge in [-0.2, -0.15) is 0 Å². The number of esters is 2. The number of carbonyl (C=O) groups is 2. The molecule has 0 aliphatic rings. The molecule has 5 heteroatoms. The minimum absolute atomic E-state index is 0.0217. The maximum absolute atomic E-state index is 11.2. The molecule has 0 fully saturated rings. The zero-order valence-corrected chi connectivity index (χ0v) is 9.23. The van der Waals surface area contributed by atoms with E-state index in [-0.39, 0.29) is 33.0 Å². The van der Waals surface area contributed by atoms with E-state index in [2.05, 4.69) is 10.7 Å². The van der Waals surface area contributed by atoms with Gasteiger partial charge in [-0.3, -0.25) is 9.59 Å². The number of hydrogen-bond acceptors (Lipinski definition) is 5. The Hall–Kier alpha value is -1.54. The van der Waals surface area contributed by atoms with Crippen LogP contribution >= 0.6 is 0 Å². The van der Waals surface area contributed by atoms with Crippen LogP contribution < -0.4 is 0 Å². The van der Waals surface area contributed by atoms with Gasteiger partial charge >= 0.3 is 11.9 Å². The van der Waals surface area contributed by atoms with Crippen LogP contribution in [-0.4, -0.2) is 38.4 Å². The second kappa shape index (κ2) is 8.74. The Bertz CT molecular complexity index is 284.